The minimum atomic E-state index is -3.45. The molecule has 2 N–H and O–H groups in total. The van der Waals surface area contributed by atoms with Crippen molar-refractivity contribution in [2.24, 2.45) is 0 Å². The quantitative estimate of drug-likeness (QED) is 0.354. The molecule has 11 nitrogen and oxygen atoms in total. The van der Waals surface area contributed by atoms with Gasteiger partial charge in [-0.05, 0) is 24.3 Å². The Morgan fingerprint density at radius 2 is 2.08 bits per heavy atom. The highest BCUT2D eigenvalue weighted by molar-refractivity contribution is 7.92. The molecule has 37 heavy (non-hydrogen) atoms. The summed E-state index contributed by atoms with van der Waals surface area (Å²) in [4.78, 5) is 20.1. The molecule has 190 valence electrons. The third-order valence-electron chi connectivity index (χ3n) is 6.24. The van der Waals surface area contributed by atoms with Gasteiger partial charge in [0, 0.05) is 56.2 Å². The number of rotatable bonds is 7. The summed E-state index contributed by atoms with van der Waals surface area (Å²) < 4.78 is 27.3. The number of fused-ring (bicyclic) bond motifs is 1. The number of anilines is 4. The van der Waals surface area contributed by atoms with Crippen LogP contribution in [0.1, 0.15) is 5.56 Å². The van der Waals surface area contributed by atoms with E-state index in [1.54, 1.807) is 18.5 Å². The highest BCUT2D eigenvalue weighted by Gasteiger charge is 2.19. The van der Waals surface area contributed by atoms with Gasteiger partial charge in [-0.25, -0.2) is 23.4 Å². The maximum atomic E-state index is 12.1. The molecule has 1 saturated heterocycles. The monoisotopic (exact) mass is 517 g/mol. The van der Waals surface area contributed by atoms with Crippen LogP contribution in [0.2, 0.25) is 0 Å². The van der Waals surface area contributed by atoms with E-state index in [1.165, 1.54) is 11.4 Å². The summed E-state index contributed by atoms with van der Waals surface area (Å²) in [7, 11) is -1.96. The first-order chi connectivity index (χ1) is 17.8. The largest absolute Gasteiger partial charge is 0.366 e. The number of nitrogens with one attached hydrogen (secondary N) is 2. The summed E-state index contributed by atoms with van der Waals surface area (Å²) >= 11 is 0. The Balaban J connectivity index is 1.35. The van der Waals surface area contributed by atoms with Crippen LogP contribution in [0.5, 0.6) is 0 Å². The Hall–Kier alpha value is -4.21. The first-order valence-electron chi connectivity index (χ1n) is 11.7. The van der Waals surface area contributed by atoms with Gasteiger partial charge in [-0.1, -0.05) is 12.0 Å². The van der Waals surface area contributed by atoms with Crippen molar-refractivity contribution >= 4 is 44.3 Å². The number of nitrogens with zero attached hydrogens (tertiary/aromatic N) is 7. The molecule has 1 aliphatic rings. The lowest BCUT2D eigenvalue weighted by Crippen LogP contribution is -2.50. The molecule has 0 aliphatic carbocycles. The summed E-state index contributed by atoms with van der Waals surface area (Å²) in [5.41, 5.74) is 2.45. The van der Waals surface area contributed by atoms with Crippen molar-refractivity contribution in [2.75, 3.05) is 47.5 Å². The standard InChI is InChI=1S/C25H27N9O2S/c1-4-20-17-33(13-11-26-20)21-7-8-22(28-15-21)30-25-29-14-18-9-12-34(24(18)31-25)16-19-6-5-10-27-23(19)32(2)37(3,35)36/h1,5-10,12,14-15,20,26H,11,13,16-17H2,2-3H3,(H,28,29,30,31). The molecule has 4 aromatic rings. The van der Waals surface area contributed by atoms with Gasteiger partial charge < -0.3 is 20.1 Å². The molecule has 0 amide bonds. The number of aromatic nitrogens is 5. The molecule has 1 atom stereocenters. The van der Waals surface area contributed by atoms with Crippen LogP contribution in [0.3, 0.4) is 0 Å². The Bertz CT molecular complexity index is 1560. The highest BCUT2D eigenvalue weighted by atomic mass is 32.2. The van der Waals surface area contributed by atoms with Gasteiger partial charge in [0.25, 0.3) is 0 Å². The molecule has 0 spiro atoms. The third-order valence-corrected chi connectivity index (χ3v) is 7.40. The fourth-order valence-corrected chi connectivity index (χ4v) is 4.67. The summed E-state index contributed by atoms with van der Waals surface area (Å²) in [5.74, 6) is 4.16. The normalized spacial score (nSPS) is 15.9. The number of sulfonamides is 1. The number of piperazine rings is 1. The molecule has 5 heterocycles. The molecule has 0 radical (unpaired) electrons. The second-order valence-corrected chi connectivity index (χ2v) is 10.8. The molecular formula is C25H27N9O2S. The van der Waals surface area contributed by atoms with E-state index in [2.05, 4.69) is 36.4 Å². The van der Waals surface area contributed by atoms with Crippen LogP contribution in [-0.2, 0) is 16.6 Å². The molecule has 4 aromatic heterocycles. The summed E-state index contributed by atoms with van der Waals surface area (Å²) in [5, 5.41) is 7.32. The highest BCUT2D eigenvalue weighted by Crippen LogP contribution is 2.23. The van der Waals surface area contributed by atoms with E-state index in [0.717, 1.165) is 42.5 Å². The Labute approximate surface area is 215 Å². The molecule has 0 saturated carbocycles. The Kier molecular flexibility index (Phi) is 6.64. The van der Waals surface area contributed by atoms with E-state index in [0.29, 0.717) is 29.8 Å². The van der Waals surface area contributed by atoms with Gasteiger partial charge in [0.2, 0.25) is 16.0 Å². The fraction of sp³-hybridized carbons (Fsp3) is 0.280. The number of hydrogen-bond donors (Lipinski definition) is 2. The summed E-state index contributed by atoms with van der Waals surface area (Å²) in [6, 6.07) is 9.46. The molecule has 0 bridgehead atoms. The zero-order valence-electron chi connectivity index (χ0n) is 20.5. The van der Waals surface area contributed by atoms with Crippen molar-refractivity contribution in [3.05, 3.63) is 60.7 Å². The second-order valence-electron chi connectivity index (χ2n) is 8.78. The predicted molar refractivity (Wildman–Crippen MR) is 144 cm³/mol. The van der Waals surface area contributed by atoms with Gasteiger partial charge in [-0.15, -0.1) is 6.42 Å². The van der Waals surface area contributed by atoms with Crippen LogP contribution < -0.4 is 19.8 Å². The first kappa shape index (κ1) is 24.5. The van der Waals surface area contributed by atoms with Crippen LogP contribution in [0.4, 0.5) is 23.3 Å². The Morgan fingerprint density at radius 3 is 2.84 bits per heavy atom. The maximum absolute atomic E-state index is 12.1. The number of pyridine rings is 2. The van der Waals surface area contributed by atoms with Crippen molar-refractivity contribution in [1.82, 2.24) is 29.8 Å². The van der Waals surface area contributed by atoms with Crippen molar-refractivity contribution in [2.45, 2.75) is 12.6 Å². The zero-order chi connectivity index (χ0) is 26.0. The van der Waals surface area contributed by atoms with Gasteiger partial charge >= 0.3 is 0 Å². The maximum Gasteiger partial charge on any atom is 0.233 e. The van der Waals surface area contributed by atoms with E-state index in [9.17, 15) is 8.42 Å². The van der Waals surface area contributed by atoms with Crippen molar-refractivity contribution < 1.29 is 8.42 Å². The summed E-state index contributed by atoms with van der Waals surface area (Å²) in [6.45, 7) is 2.81. The Morgan fingerprint density at radius 1 is 1.22 bits per heavy atom. The van der Waals surface area contributed by atoms with E-state index in [1.807, 2.05) is 41.2 Å². The average Bonchev–Trinajstić information content (AvgIpc) is 3.30. The minimum Gasteiger partial charge on any atom is -0.366 e. The van der Waals surface area contributed by atoms with Crippen LogP contribution in [0, 0.1) is 12.3 Å². The van der Waals surface area contributed by atoms with Crippen molar-refractivity contribution in [1.29, 1.82) is 0 Å². The molecule has 1 aliphatic heterocycles. The van der Waals surface area contributed by atoms with Crippen molar-refractivity contribution in [3.63, 3.8) is 0 Å². The van der Waals surface area contributed by atoms with Crippen LogP contribution in [0.15, 0.2) is 55.1 Å². The molecule has 0 aromatic carbocycles. The third kappa shape index (κ3) is 5.32. The number of terminal acetylenes is 1. The first-order valence-corrected chi connectivity index (χ1v) is 13.5. The number of hydrogen-bond acceptors (Lipinski definition) is 9. The average molecular weight is 518 g/mol. The van der Waals surface area contributed by atoms with Crippen LogP contribution >= 0.6 is 0 Å². The van der Waals surface area contributed by atoms with E-state index >= 15 is 0 Å². The van der Waals surface area contributed by atoms with Crippen molar-refractivity contribution in [3.8, 4) is 12.3 Å². The van der Waals surface area contributed by atoms with E-state index in [-0.39, 0.29) is 6.04 Å². The van der Waals surface area contributed by atoms with E-state index in [4.69, 9.17) is 11.4 Å². The molecule has 5 rings (SSSR count). The van der Waals surface area contributed by atoms with Gasteiger partial charge in [0.05, 0.1) is 30.7 Å². The SMILES string of the molecule is C#CC1CN(c2ccc(Nc3ncc4ccn(Cc5cccnc5N(C)S(C)(=O)=O)c4n3)nc2)CCN1. The molecule has 1 fully saturated rings. The van der Waals surface area contributed by atoms with Gasteiger partial charge in [0.1, 0.15) is 17.3 Å². The fourth-order valence-electron chi connectivity index (χ4n) is 4.19. The van der Waals surface area contributed by atoms with Crippen LogP contribution in [-0.4, -0.2) is 71.9 Å². The lowest BCUT2D eigenvalue weighted by molar-refractivity contribution is 0.528. The topological polar surface area (TPSA) is 121 Å². The zero-order valence-corrected chi connectivity index (χ0v) is 21.4. The lowest BCUT2D eigenvalue weighted by atomic mass is 10.2. The second kappa shape index (κ2) is 10.0. The molecule has 1 unspecified atom stereocenters. The van der Waals surface area contributed by atoms with Crippen LogP contribution in [0.25, 0.3) is 11.0 Å². The van der Waals surface area contributed by atoms with Gasteiger partial charge in [-0.2, -0.15) is 4.98 Å². The smallest absolute Gasteiger partial charge is 0.233 e. The predicted octanol–water partition coefficient (Wildman–Crippen LogP) is 1.82. The van der Waals surface area contributed by atoms with Gasteiger partial charge in [-0.3, -0.25) is 4.31 Å². The molecule has 12 heteroatoms. The van der Waals surface area contributed by atoms with E-state index < -0.39 is 10.0 Å². The molecular weight excluding hydrogens is 490 g/mol. The minimum absolute atomic E-state index is 0.0254. The van der Waals surface area contributed by atoms with Gasteiger partial charge in [0.15, 0.2) is 0 Å². The summed E-state index contributed by atoms with van der Waals surface area (Å²) in [6.07, 6.45) is 13.7. The lowest BCUT2D eigenvalue weighted by Gasteiger charge is -2.32.